The number of benzene rings is 2. The number of aromatic hydroxyl groups is 1. The Hall–Kier alpha value is -2.33. The number of para-hydroxylation sites is 1. The van der Waals surface area contributed by atoms with E-state index in [1.165, 1.54) is 0 Å². The maximum absolute atomic E-state index is 11.8. The molecule has 0 bridgehead atoms. The van der Waals surface area contributed by atoms with Gasteiger partial charge in [0.05, 0.1) is 0 Å². The molecule has 2 aromatic rings. The molecule has 0 saturated heterocycles. The van der Waals surface area contributed by atoms with Crippen molar-refractivity contribution >= 4 is 5.78 Å². The highest BCUT2D eigenvalue weighted by Gasteiger charge is 2.39. The predicted molar refractivity (Wildman–Crippen MR) is 97.8 cm³/mol. The highest BCUT2D eigenvalue weighted by atomic mass is 16.5. The van der Waals surface area contributed by atoms with Gasteiger partial charge in [-0.1, -0.05) is 30.3 Å². The van der Waals surface area contributed by atoms with E-state index in [4.69, 9.17) is 4.74 Å². The molecular formula is C21H25NO3. The first kappa shape index (κ1) is 17.5. The summed E-state index contributed by atoms with van der Waals surface area (Å²) in [6.07, 6.45) is 2.72. The van der Waals surface area contributed by atoms with E-state index in [0.717, 1.165) is 30.7 Å². The highest BCUT2D eigenvalue weighted by molar-refractivity contribution is 5.79. The van der Waals surface area contributed by atoms with Crippen LogP contribution in [0.4, 0.5) is 0 Å². The number of phenolic OH excluding ortho intramolecular Hbond substituents is 1. The number of carbonyl (C=O) groups is 1. The van der Waals surface area contributed by atoms with E-state index in [-0.39, 0.29) is 11.3 Å². The fourth-order valence-electron chi connectivity index (χ4n) is 3.66. The molecule has 1 fully saturated rings. The Morgan fingerprint density at radius 1 is 1.08 bits per heavy atom. The summed E-state index contributed by atoms with van der Waals surface area (Å²) in [7, 11) is 2.08. The fourth-order valence-corrected chi connectivity index (χ4v) is 3.66. The quantitative estimate of drug-likeness (QED) is 0.871. The van der Waals surface area contributed by atoms with E-state index >= 15 is 0 Å². The van der Waals surface area contributed by atoms with Crippen molar-refractivity contribution in [2.75, 3.05) is 20.2 Å². The molecule has 1 N–H and O–H groups in total. The molecule has 3 rings (SSSR count). The van der Waals surface area contributed by atoms with Crippen LogP contribution in [0.3, 0.4) is 0 Å². The molecule has 0 amide bonds. The molecule has 0 aromatic heterocycles. The predicted octanol–water partition coefficient (Wildman–Crippen LogP) is 3.74. The van der Waals surface area contributed by atoms with Crippen molar-refractivity contribution in [3.63, 3.8) is 0 Å². The molecule has 0 atom stereocenters. The summed E-state index contributed by atoms with van der Waals surface area (Å²) in [6.45, 7) is 1.33. The van der Waals surface area contributed by atoms with Crippen LogP contribution < -0.4 is 4.74 Å². The molecule has 132 valence electrons. The summed E-state index contributed by atoms with van der Waals surface area (Å²) in [4.78, 5) is 14.1. The smallest absolute Gasteiger partial charge is 0.133 e. The van der Waals surface area contributed by atoms with Crippen molar-refractivity contribution in [3.8, 4) is 11.5 Å². The fraction of sp³-hybridized carbons (Fsp3) is 0.381. The number of nitrogens with zero attached hydrogens (tertiary/aromatic N) is 1. The minimum absolute atomic E-state index is 0.229. The van der Waals surface area contributed by atoms with Crippen LogP contribution in [0.25, 0.3) is 0 Å². The molecule has 0 unspecified atom stereocenters. The standard InChI is InChI=1S/C21H25NO3/c1-22(14-15-25-20-8-3-2-4-9-20)21(12-10-18(23)11-13-21)17-6-5-7-19(24)16-17/h2-9,16,24H,10-15H2,1H3. The number of hydrogen-bond acceptors (Lipinski definition) is 4. The summed E-state index contributed by atoms with van der Waals surface area (Å²) in [6, 6.07) is 17.2. The van der Waals surface area contributed by atoms with Crippen LogP contribution in [0.2, 0.25) is 0 Å². The largest absolute Gasteiger partial charge is 0.508 e. The zero-order chi connectivity index (χ0) is 17.7. The Morgan fingerprint density at radius 3 is 2.48 bits per heavy atom. The van der Waals surface area contributed by atoms with Crippen LogP contribution in [-0.2, 0) is 10.3 Å². The number of rotatable bonds is 6. The number of ether oxygens (including phenoxy) is 1. The Balaban J connectivity index is 1.73. The summed E-state index contributed by atoms with van der Waals surface area (Å²) in [5.74, 6) is 1.45. The van der Waals surface area contributed by atoms with Crippen LogP contribution >= 0.6 is 0 Å². The van der Waals surface area contributed by atoms with E-state index in [9.17, 15) is 9.90 Å². The van der Waals surface area contributed by atoms with Gasteiger partial charge in [0.1, 0.15) is 23.9 Å². The molecule has 1 saturated carbocycles. The van der Waals surface area contributed by atoms with E-state index < -0.39 is 0 Å². The number of Topliss-reactive ketones (excluding diaryl/α,β-unsaturated/α-hetero) is 1. The third-order valence-electron chi connectivity index (χ3n) is 5.19. The number of hydrogen-bond donors (Lipinski definition) is 1. The lowest BCUT2D eigenvalue weighted by molar-refractivity contribution is -0.123. The summed E-state index contributed by atoms with van der Waals surface area (Å²) < 4.78 is 5.84. The van der Waals surface area contributed by atoms with Crippen LogP contribution in [0.1, 0.15) is 31.2 Å². The van der Waals surface area contributed by atoms with Crippen LogP contribution in [-0.4, -0.2) is 36.0 Å². The first-order valence-electron chi connectivity index (χ1n) is 8.80. The number of ketones is 1. The van der Waals surface area contributed by atoms with Gasteiger partial charge in [0, 0.05) is 24.9 Å². The van der Waals surface area contributed by atoms with Crippen molar-refractivity contribution in [2.45, 2.75) is 31.2 Å². The number of carbonyl (C=O) groups excluding carboxylic acids is 1. The monoisotopic (exact) mass is 339 g/mol. The second kappa shape index (κ2) is 7.70. The van der Waals surface area contributed by atoms with E-state index in [1.807, 2.05) is 48.5 Å². The van der Waals surface area contributed by atoms with Gasteiger partial charge in [-0.25, -0.2) is 0 Å². The van der Waals surface area contributed by atoms with Gasteiger partial charge in [-0.2, -0.15) is 0 Å². The van der Waals surface area contributed by atoms with Crippen LogP contribution in [0.5, 0.6) is 11.5 Å². The Morgan fingerprint density at radius 2 is 1.80 bits per heavy atom. The lowest BCUT2D eigenvalue weighted by atomic mass is 9.75. The van der Waals surface area contributed by atoms with Crippen molar-refractivity contribution in [1.29, 1.82) is 0 Å². The van der Waals surface area contributed by atoms with Crippen molar-refractivity contribution in [1.82, 2.24) is 4.90 Å². The molecular weight excluding hydrogens is 314 g/mol. The van der Waals surface area contributed by atoms with Crippen LogP contribution in [0.15, 0.2) is 54.6 Å². The Bertz CT molecular complexity index is 704. The van der Waals surface area contributed by atoms with E-state index in [2.05, 4.69) is 11.9 Å². The average Bonchev–Trinajstić information content (AvgIpc) is 2.63. The number of likely N-dealkylation sites (N-methyl/N-ethyl adjacent to an activating group) is 1. The van der Waals surface area contributed by atoms with Gasteiger partial charge < -0.3 is 9.84 Å². The zero-order valence-electron chi connectivity index (χ0n) is 14.6. The first-order chi connectivity index (χ1) is 12.1. The van der Waals surface area contributed by atoms with Gasteiger partial charge >= 0.3 is 0 Å². The van der Waals surface area contributed by atoms with Crippen molar-refractivity contribution in [2.24, 2.45) is 0 Å². The second-order valence-electron chi connectivity index (χ2n) is 6.70. The molecule has 2 aromatic carbocycles. The molecule has 0 spiro atoms. The lowest BCUT2D eigenvalue weighted by Gasteiger charge is -2.45. The molecule has 0 heterocycles. The SMILES string of the molecule is CN(CCOc1ccccc1)C1(c2cccc(O)c2)CCC(=O)CC1. The topological polar surface area (TPSA) is 49.8 Å². The van der Waals surface area contributed by atoms with Gasteiger partial charge in [-0.15, -0.1) is 0 Å². The first-order valence-corrected chi connectivity index (χ1v) is 8.80. The molecule has 0 aliphatic heterocycles. The Kier molecular flexibility index (Phi) is 5.39. The van der Waals surface area contributed by atoms with Crippen LogP contribution in [0, 0.1) is 0 Å². The van der Waals surface area contributed by atoms with E-state index in [1.54, 1.807) is 6.07 Å². The third-order valence-corrected chi connectivity index (χ3v) is 5.19. The van der Waals surface area contributed by atoms with Gasteiger partial charge in [0.15, 0.2) is 0 Å². The van der Waals surface area contributed by atoms with Crippen molar-refractivity contribution in [3.05, 3.63) is 60.2 Å². The minimum atomic E-state index is -0.229. The molecule has 1 aliphatic rings. The van der Waals surface area contributed by atoms with Crippen molar-refractivity contribution < 1.29 is 14.6 Å². The summed E-state index contributed by atoms with van der Waals surface area (Å²) in [5, 5.41) is 9.91. The Labute approximate surface area is 149 Å². The normalized spacial score (nSPS) is 16.8. The molecule has 0 radical (unpaired) electrons. The molecule has 25 heavy (non-hydrogen) atoms. The average molecular weight is 339 g/mol. The lowest BCUT2D eigenvalue weighted by Crippen LogP contribution is -2.48. The zero-order valence-corrected chi connectivity index (χ0v) is 14.6. The third kappa shape index (κ3) is 4.02. The maximum atomic E-state index is 11.8. The van der Waals surface area contributed by atoms with Gasteiger partial charge in [-0.3, -0.25) is 9.69 Å². The summed E-state index contributed by atoms with van der Waals surface area (Å²) in [5.41, 5.74) is 0.842. The van der Waals surface area contributed by atoms with E-state index in [0.29, 0.717) is 25.2 Å². The summed E-state index contributed by atoms with van der Waals surface area (Å²) >= 11 is 0. The number of phenols is 1. The molecule has 4 heteroatoms. The molecule has 4 nitrogen and oxygen atoms in total. The minimum Gasteiger partial charge on any atom is -0.508 e. The molecule has 1 aliphatic carbocycles. The van der Waals surface area contributed by atoms with Gasteiger partial charge in [0.25, 0.3) is 0 Å². The second-order valence-corrected chi connectivity index (χ2v) is 6.70. The maximum Gasteiger partial charge on any atom is 0.133 e. The van der Waals surface area contributed by atoms with Gasteiger partial charge in [0.2, 0.25) is 0 Å². The highest BCUT2D eigenvalue weighted by Crippen LogP contribution is 2.41. The van der Waals surface area contributed by atoms with Gasteiger partial charge in [-0.05, 0) is 49.7 Å².